The minimum absolute atomic E-state index is 0.0383. The number of aromatic hydroxyl groups is 2. The van der Waals surface area contributed by atoms with E-state index in [1.807, 2.05) is 129 Å². The van der Waals surface area contributed by atoms with E-state index < -0.39 is 82.8 Å². The summed E-state index contributed by atoms with van der Waals surface area (Å²) in [4.78, 5) is 113. The molecule has 11 aromatic rings. The Morgan fingerprint density at radius 3 is 1.64 bits per heavy atom. The maximum Gasteiger partial charge on any atom is 0.341 e. The Bertz CT molecular complexity index is 5270. The molecule has 5 atom stereocenters. The first-order valence-electron chi connectivity index (χ1n) is 37.9. The van der Waals surface area contributed by atoms with Gasteiger partial charge in [0.1, 0.15) is 45.8 Å². The van der Waals surface area contributed by atoms with Gasteiger partial charge in [-0.1, -0.05) is 172 Å². The number of hydrogen-bond acceptors (Lipinski definition) is 15. The van der Waals surface area contributed by atoms with Crippen LogP contribution in [0, 0.1) is 30.4 Å². The van der Waals surface area contributed by atoms with Crippen molar-refractivity contribution >= 4 is 81.2 Å². The average molecular weight is 1630 g/mol. The third-order valence-corrected chi connectivity index (χ3v) is 20.3. The summed E-state index contributed by atoms with van der Waals surface area (Å²) in [6.07, 6.45) is 5.25. The van der Waals surface area contributed by atoms with Crippen molar-refractivity contribution < 1.29 is 107 Å². The van der Waals surface area contributed by atoms with Gasteiger partial charge in [0.15, 0.2) is 0 Å². The predicted octanol–water partition coefficient (Wildman–Crippen LogP) is 19.2. The van der Waals surface area contributed by atoms with Gasteiger partial charge in [0.25, 0.3) is 0 Å². The van der Waals surface area contributed by atoms with Crippen molar-refractivity contribution in [2.24, 2.45) is 18.9 Å². The molecule has 2 aromatic heterocycles. The molecule has 1 aliphatic carbocycles. The molecule has 0 spiro atoms. The number of ketones is 3. The van der Waals surface area contributed by atoms with E-state index in [-0.39, 0.29) is 51.9 Å². The second kappa shape index (κ2) is 45.8. The highest BCUT2D eigenvalue weighted by Gasteiger charge is 2.26. The second-order valence-electron chi connectivity index (χ2n) is 28.3. The molecule has 0 bridgehead atoms. The number of aliphatic carboxylic acids is 5. The molecule has 0 saturated heterocycles. The Kier molecular flexibility index (Phi) is 36.3. The molecule has 24 heteroatoms. The molecule has 1 fully saturated rings. The van der Waals surface area contributed by atoms with Crippen LogP contribution in [-0.4, -0.2) is 118 Å². The molecule has 618 valence electrons. The molecule has 2 heterocycles. The standard InChI is InChI=1S/C15H15NO3.C15H18O3.C14H12O3S.C14H14O3.C13H8F2O3.C13H18O2.C10H12O3/c1-10-3-5-11(6-4-10)15(19)13-8-7-12(16(13)2)9-14(17)18;1-10(15(17)18)12-7-5-11(6-8-12)9-13-3-2-4-14(13)16;1-9(14(16)17)11-7-8-12(18-11)13(15)10-5-3-2-4-6-10;1-9(14(15)16)10-3-4-12-8-13(17-2)6-5-11(12)7-10;14-8-2-3-9(11(15)6-8)7-1-4-12(16)10(5-7)13(17)18;1-9(2)8-11-4-6-12(7-5-11)10(3)13(14)15;1-2-7-13-10(12)8-5-3-4-6-9(8)11/h3-8H,9H2,1-2H3,(H,17,18);5-8,10,13H,2-4,9H2,1H3,(H,17,18);2-9H,1H3,(H,16,17);3-9H,1-2H3,(H,15,16);1-6,16H,(H,17,18);4-7,9-10H,8H2,1-3H3,(H,14,15);3-6,11H,2,7H2,1H3/t;;;9-;;;/m...0.../s1. The lowest BCUT2D eigenvalue weighted by molar-refractivity contribution is -0.139. The average Bonchev–Trinajstić information content (AvgIpc) is 1.57. The van der Waals surface area contributed by atoms with Crippen LogP contribution in [0.2, 0.25) is 0 Å². The van der Waals surface area contributed by atoms with Gasteiger partial charge < -0.3 is 54.9 Å². The first kappa shape index (κ1) is 93.6. The molecule has 8 N–H and O–H groups in total. The van der Waals surface area contributed by atoms with E-state index in [0.29, 0.717) is 56.6 Å². The number of aryl methyl sites for hydroxylation is 1. The number of carboxylic acids is 6. The monoisotopic (exact) mass is 1630 g/mol. The number of aromatic carboxylic acids is 1. The van der Waals surface area contributed by atoms with Crippen LogP contribution in [0.1, 0.15) is 194 Å². The lowest BCUT2D eigenvalue weighted by Gasteiger charge is -2.10. The van der Waals surface area contributed by atoms with Gasteiger partial charge in [0.05, 0.1) is 54.4 Å². The van der Waals surface area contributed by atoms with E-state index in [2.05, 4.69) is 13.8 Å². The Labute approximate surface area is 687 Å². The Balaban J connectivity index is 0.000000214. The van der Waals surface area contributed by atoms with Crippen LogP contribution in [0.15, 0.2) is 224 Å². The van der Waals surface area contributed by atoms with Gasteiger partial charge in [-0.25, -0.2) is 18.4 Å². The van der Waals surface area contributed by atoms with Crippen molar-refractivity contribution in [3.8, 4) is 28.4 Å². The fraction of sp³-hybridized carbons (Fsp3) is 0.255. The fourth-order valence-electron chi connectivity index (χ4n) is 11.9. The molecule has 1 saturated carbocycles. The first-order chi connectivity index (χ1) is 56.0. The minimum Gasteiger partial charge on any atom is -0.507 e. The van der Waals surface area contributed by atoms with Crippen molar-refractivity contribution in [3.05, 3.63) is 313 Å². The van der Waals surface area contributed by atoms with E-state index in [1.54, 1.807) is 107 Å². The summed E-state index contributed by atoms with van der Waals surface area (Å²) in [6, 6.07) is 62.9. The van der Waals surface area contributed by atoms with Crippen LogP contribution >= 0.6 is 11.3 Å². The van der Waals surface area contributed by atoms with Crippen molar-refractivity contribution in [3.63, 3.8) is 0 Å². The normalized spacial score (nSPS) is 12.8. The lowest BCUT2D eigenvalue weighted by atomic mass is 9.94. The second-order valence-corrected chi connectivity index (χ2v) is 29.4. The molecule has 0 aliphatic heterocycles. The first-order valence-corrected chi connectivity index (χ1v) is 38.7. The Morgan fingerprint density at radius 2 is 1.09 bits per heavy atom. The highest BCUT2D eigenvalue weighted by molar-refractivity contribution is 7.14. The number of carbonyl (C=O) groups is 10. The quantitative estimate of drug-likeness (QED) is 0.0206. The SMILES string of the molecule is CC(C(=O)O)c1ccc(C(=O)c2ccccc2)s1.CC(C(=O)O)c1ccc(CC2CCCC2=O)cc1.CC(C)Cc1ccc(C(C)C(=O)O)cc1.CCCOC(=O)c1ccccc1O.COc1ccc2cc([C@H](C)C(=O)O)ccc2c1.Cc1ccc(C(=O)c2ccc(CC(=O)O)n2C)cc1.O=C(O)c1cc(-c2ccc(F)cc2F)ccc1O. The van der Waals surface area contributed by atoms with Gasteiger partial charge in [0.2, 0.25) is 11.6 Å². The third-order valence-electron chi connectivity index (χ3n) is 19.0. The van der Waals surface area contributed by atoms with Crippen LogP contribution < -0.4 is 4.74 Å². The van der Waals surface area contributed by atoms with Gasteiger partial charge >= 0.3 is 41.8 Å². The zero-order chi connectivity index (χ0) is 87.0. The number of methoxy groups -OCH3 is 1. The Hall–Kier alpha value is -13.2. The summed E-state index contributed by atoms with van der Waals surface area (Å²) in [5, 5.41) is 74.0. The van der Waals surface area contributed by atoms with E-state index >= 15 is 0 Å². The molecule has 1 aliphatic rings. The summed E-state index contributed by atoms with van der Waals surface area (Å²) in [5.41, 5.74) is 8.52. The number of nitrogens with zero attached hydrogens (tertiary/aromatic N) is 1. The number of carbonyl (C=O) groups excluding carboxylic acids is 4. The van der Waals surface area contributed by atoms with Gasteiger partial charge in [-0.15, -0.1) is 11.3 Å². The van der Waals surface area contributed by atoms with Gasteiger partial charge in [-0.2, -0.15) is 0 Å². The molecule has 4 unspecified atom stereocenters. The number of carboxylic acid groups (broad SMARTS) is 6. The minimum atomic E-state index is -1.32. The molecule has 0 amide bonds. The van der Waals surface area contributed by atoms with E-state index in [4.69, 9.17) is 40.1 Å². The van der Waals surface area contributed by atoms with Crippen molar-refractivity contribution in [2.75, 3.05) is 13.7 Å². The number of hydrogen-bond donors (Lipinski definition) is 8. The summed E-state index contributed by atoms with van der Waals surface area (Å²) in [5.74, 6) is -8.07. The number of phenolic OH excluding ortho intramolecular Hbond substituents is 1. The fourth-order valence-corrected chi connectivity index (χ4v) is 12.9. The molecule has 21 nitrogen and oxygen atoms in total. The van der Waals surface area contributed by atoms with Gasteiger partial charge in [-0.3, -0.25) is 38.4 Å². The number of ether oxygens (including phenoxy) is 2. The van der Waals surface area contributed by atoms with Crippen LogP contribution in [0.25, 0.3) is 21.9 Å². The number of thiophene rings is 1. The maximum atomic E-state index is 13.5. The molecular weight excluding hydrogens is 1530 g/mol. The van der Waals surface area contributed by atoms with Crippen molar-refractivity contribution in [1.29, 1.82) is 0 Å². The van der Waals surface area contributed by atoms with Crippen molar-refractivity contribution in [2.45, 2.75) is 124 Å². The number of Topliss-reactive ketones (excluding diaryl/α,β-unsaturated/α-hetero) is 1. The largest absolute Gasteiger partial charge is 0.507 e. The number of aromatic nitrogens is 1. The topological polar surface area (TPSA) is 356 Å². The van der Waals surface area contributed by atoms with Crippen LogP contribution in [-0.2, 0) is 59.8 Å². The lowest BCUT2D eigenvalue weighted by Crippen LogP contribution is -2.11. The smallest absolute Gasteiger partial charge is 0.341 e. The summed E-state index contributed by atoms with van der Waals surface area (Å²) in [6.45, 7) is 15.3. The highest BCUT2D eigenvalue weighted by Crippen LogP contribution is 2.32. The summed E-state index contributed by atoms with van der Waals surface area (Å²) < 4.78 is 37.9. The van der Waals surface area contributed by atoms with Gasteiger partial charge in [-0.05, 0) is 190 Å². The maximum absolute atomic E-state index is 13.5. The Morgan fingerprint density at radius 1 is 0.542 bits per heavy atom. The molecule has 12 rings (SSSR count). The number of fused-ring (bicyclic) bond motifs is 1. The number of phenols is 2. The highest BCUT2D eigenvalue weighted by atomic mass is 32.1. The van der Waals surface area contributed by atoms with E-state index in [0.717, 1.165) is 101 Å². The third kappa shape index (κ3) is 28.4. The van der Waals surface area contributed by atoms with E-state index in [9.17, 15) is 66.9 Å². The summed E-state index contributed by atoms with van der Waals surface area (Å²) >= 11 is 1.24. The molecular formula is C94H97F2NO20S. The number of rotatable bonds is 24. The number of esters is 1. The molecule has 0 radical (unpaired) electrons. The number of halogens is 2. The van der Waals surface area contributed by atoms with Crippen LogP contribution in [0.4, 0.5) is 8.78 Å². The van der Waals surface area contributed by atoms with Crippen LogP contribution in [0.5, 0.6) is 17.2 Å². The zero-order valence-electron chi connectivity index (χ0n) is 67.1. The van der Waals surface area contributed by atoms with Crippen LogP contribution in [0.3, 0.4) is 0 Å². The number of benzene rings is 9. The van der Waals surface area contributed by atoms with Gasteiger partial charge in [0, 0.05) is 52.7 Å². The van der Waals surface area contributed by atoms with E-state index in [1.165, 1.54) is 41.2 Å². The summed E-state index contributed by atoms with van der Waals surface area (Å²) in [7, 11) is 3.34. The number of para-hydroxylation sites is 1. The molecule has 9 aromatic carbocycles. The van der Waals surface area contributed by atoms with Crippen molar-refractivity contribution in [1.82, 2.24) is 4.57 Å². The predicted molar refractivity (Wildman–Crippen MR) is 447 cm³/mol. The molecule has 118 heavy (non-hydrogen) atoms. The zero-order valence-corrected chi connectivity index (χ0v) is 67.9.